The largest absolute Gasteiger partial charge is 0.329 e. The molecule has 13 heavy (non-hydrogen) atoms. The van der Waals surface area contributed by atoms with Crippen LogP contribution in [0.2, 0.25) is 0 Å². The molecule has 4 nitrogen and oxygen atoms in total. The van der Waals surface area contributed by atoms with Crippen molar-refractivity contribution in [1.29, 1.82) is 0 Å². The molecule has 0 aliphatic carbocycles. The van der Waals surface area contributed by atoms with Crippen molar-refractivity contribution in [2.75, 3.05) is 37.7 Å². The maximum Gasteiger partial charge on any atom is 0.151 e. The molecule has 0 rings (SSSR count). The van der Waals surface area contributed by atoms with Gasteiger partial charge in [0.05, 0.1) is 5.75 Å². The molecule has 0 atom stereocenters. The predicted octanol–water partition coefficient (Wildman–Crippen LogP) is -0.298. The van der Waals surface area contributed by atoms with Gasteiger partial charge in [0.15, 0.2) is 9.84 Å². The molecule has 5 heteroatoms. The van der Waals surface area contributed by atoms with Gasteiger partial charge in [0.2, 0.25) is 0 Å². The number of likely N-dealkylation sites (N-methyl/N-ethyl adjacent to an activating group) is 1. The molecule has 0 unspecified atom stereocenters. The Hall–Kier alpha value is -0.130. The van der Waals surface area contributed by atoms with Crippen molar-refractivity contribution in [2.45, 2.75) is 13.8 Å². The summed E-state index contributed by atoms with van der Waals surface area (Å²) >= 11 is 0. The first-order valence-electron chi connectivity index (χ1n) is 4.68. The third-order valence-electron chi connectivity index (χ3n) is 2.05. The first-order valence-corrected chi connectivity index (χ1v) is 6.50. The second kappa shape index (κ2) is 6.34. The normalized spacial score (nSPS) is 12.3. The molecule has 0 bridgehead atoms. The van der Waals surface area contributed by atoms with Gasteiger partial charge in [0, 0.05) is 25.4 Å². The van der Waals surface area contributed by atoms with Crippen LogP contribution < -0.4 is 5.73 Å². The van der Waals surface area contributed by atoms with E-state index in [0.29, 0.717) is 13.1 Å². The van der Waals surface area contributed by atoms with E-state index in [4.69, 9.17) is 5.73 Å². The van der Waals surface area contributed by atoms with Crippen LogP contribution in [0.1, 0.15) is 13.8 Å². The third-order valence-corrected chi connectivity index (χ3v) is 3.74. The van der Waals surface area contributed by atoms with Gasteiger partial charge >= 0.3 is 0 Å². The van der Waals surface area contributed by atoms with E-state index in [1.54, 1.807) is 6.92 Å². The van der Waals surface area contributed by atoms with Gasteiger partial charge in [-0.2, -0.15) is 0 Å². The van der Waals surface area contributed by atoms with E-state index in [1.165, 1.54) is 0 Å². The fourth-order valence-electron chi connectivity index (χ4n) is 1.02. The van der Waals surface area contributed by atoms with E-state index in [2.05, 4.69) is 0 Å². The molecule has 0 aromatic rings. The highest BCUT2D eigenvalue weighted by molar-refractivity contribution is 7.91. The van der Waals surface area contributed by atoms with Crippen molar-refractivity contribution in [3.8, 4) is 0 Å². The number of rotatable bonds is 7. The van der Waals surface area contributed by atoms with Crippen LogP contribution in [0.3, 0.4) is 0 Å². The lowest BCUT2D eigenvalue weighted by Gasteiger charge is -2.18. The molecule has 80 valence electrons. The van der Waals surface area contributed by atoms with Crippen LogP contribution in [0.15, 0.2) is 0 Å². The Labute approximate surface area is 81.0 Å². The molecule has 0 spiro atoms. The first kappa shape index (κ1) is 12.9. The Morgan fingerprint density at radius 1 is 1.23 bits per heavy atom. The highest BCUT2D eigenvalue weighted by atomic mass is 32.2. The van der Waals surface area contributed by atoms with Gasteiger partial charge in [-0.05, 0) is 6.54 Å². The van der Waals surface area contributed by atoms with Crippen molar-refractivity contribution in [3.63, 3.8) is 0 Å². The van der Waals surface area contributed by atoms with Crippen LogP contribution >= 0.6 is 0 Å². The zero-order valence-electron chi connectivity index (χ0n) is 8.49. The van der Waals surface area contributed by atoms with Gasteiger partial charge < -0.3 is 10.6 Å². The number of hydrogen-bond donors (Lipinski definition) is 1. The second-order valence-corrected chi connectivity index (χ2v) is 5.43. The molecular formula is C8H20N2O2S. The highest BCUT2D eigenvalue weighted by Gasteiger charge is 2.09. The maximum absolute atomic E-state index is 11.2. The van der Waals surface area contributed by atoms with Gasteiger partial charge in [-0.3, -0.25) is 0 Å². The van der Waals surface area contributed by atoms with Crippen molar-refractivity contribution >= 4 is 9.84 Å². The van der Waals surface area contributed by atoms with Gasteiger partial charge in [-0.1, -0.05) is 13.8 Å². The number of sulfone groups is 1. The lowest BCUT2D eigenvalue weighted by Crippen LogP contribution is -2.33. The SMILES string of the molecule is CCN(CCN)CCS(=O)(=O)CC. The Bertz CT molecular complexity index is 214. The first-order chi connectivity index (χ1) is 6.05. The summed E-state index contributed by atoms with van der Waals surface area (Å²) in [5, 5.41) is 0. The Morgan fingerprint density at radius 3 is 2.23 bits per heavy atom. The zero-order valence-corrected chi connectivity index (χ0v) is 9.31. The molecule has 0 saturated carbocycles. The number of hydrogen-bond acceptors (Lipinski definition) is 4. The van der Waals surface area contributed by atoms with E-state index in [9.17, 15) is 8.42 Å². The van der Waals surface area contributed by atoms with Crippen LogP contribution in [-0.2, 0) is 9.84 Å². The van der Waals surface area contributed by atoms with Crippen molar-refractivity contribution in [2.24, 2.45) is 5.73 Å². The van der Waals surface area contributed by atoms with Crippen LogP contribution in [-0.4, -0.2) is 51.0 Å². The monoisotopic (exact) mass is 208 g/mol. The van der Waals surface area contributed by atoms with Crippen LogP contribution in [0, 0.1) is 0 Å². The fraction of sp³-hybridized carbons (Fsp3) is 1.00. The van der Waals surface area contributed by atoms with Gasteiger partial charge in [-0.15, -0.1) is 0 Å². The van der Waals surface area contributed by atoms with E-state index in [-0.39, 0.29) is 11.5 Å². The molecule has 0 radical (unpaired) electrons. The Morgan fingerprint density at radius 2 is 1.85 bits per heavy atom. The van der Waals surface area contributed by atoms with Crippen molar-refractivity contribution < 1.29 is 8.42 Å². The highest BCUT2D eigenvalue weighted by Crippen LogP contribution is 1.93. The average Bonchev–Trinajstić information content (AvgIpc) is 2.12. The summed E-state index contributed by atoms with van der Waals surface area (Å²) in [7, 11) is -2.83. The minimum atomic E-state index is -2.83. The van der Waals surface area contributed by atoms with E-state index >= 15 is 0 Å². The summed E-state index contributed by atoms with van der Waals surface area (Å²) in [5.41, 5.74) is 5.39. The van der Waals surface area contributed by atoms with Gasteiger partial charge in [0.1, 0.15) is 0 Å². The average molecular weight is 208 g/mol. The fourth-order valence-corrected chi connectivity index (χ4v) is 1.85. The van der Waals surface area contributed by atoms with E-state index < -0.39 is 9.84 Å². The van der Waals surface area contributed by atoms with Crippen molar-refractivity contribution in [1.82, 2.24) is 4.90 Å². The maximum atomic E-state index is 11.2. The summed E-state index contributed by atoms with van der Waals surface area (Å²) in [4.78, 5) is 2.05. The zero-order chi connectivity index (χ0) is 10.3. The molecule has 0 fully saturated rings. The minimum absolute atomic E-state index is 0.229. The molecule has 0 aliphatic heterocycles. The quantitative estimate of drug-likeness (QED) is 0.624. The Balaban J connectivity index is 3.84. The topological polar surface area (TPSA) is 63.4 Å². The Kier molecular flexibility index (Phi) is 6.28. The lowest BCUT2D eigenvalue weighted by molar-refractivity contribution is 0.313. The summed E-state index contributed by atoms with van der Waals surface area (Å²) in [5.74, 6) is 0.477. The molecule has 2 N–H and O–H groups in total. The molecular weight excluding hydrogens is 188 g/mol. The van der Waals surface area contributed by atoms with Gasteiger partial charge in [0.25, 0.3) is 0 Å². The summed E-state index contributed by atoms with van der Waals surface area (Å²) in [6, 6.07) is 0. The molecule has 0 amide bonds. The standard InChI is InChI=1S/C8H20N2O2S/c1-3-10(6-5-9)7-8-13(11,12)4-2/h3-9H2,1-2H3. The molecule has 0 aromatic carbocycles. The van der Waals surface area contributed by atoms with Gasteiger partial charge in [-0.25, -0.2) is 8.42 Å². The number of nitrogens with two attached hydrogens (primary N) is 1. The summed E-state index contributed by atoms with van der Waals surface area (Å²) < 4.78 is 22.3. The smallest absolute Gasteiger partial charge is 0.151 e. The van der Waals surface area contributed by atoms with Crippen LogP contribution in [0.4, 0.5) is 0 Å². The molecule has 0 heterocycles. The van der Waals surface area contributed by atoms with Crippen LogP contribution in [0.25, 0.3) is 0 Å². The summed E-state index contributed by atoms with van der Waals surface area (Å²) in [6.45, 7) is 6.50. The van der Waals surface area contributed by atoms with E-state index in [1.807, 2.05) is 11.8 Å². The predicted molar refractivity (Wildman–Crippen MR) is 55.5 cm³/mol. The summed E-state index contributed by atoms with van der Waals surface area (Å²) in [6.07, 6.45) is 0. The molecule has 0 aliphatic rings. The van der Waals surface area contributed by atoms with Crippen LogP contribution in [0.5, 0.6) is 0 Å². The molecule has 0 aromatic heterocycles. The van der Waals surface area contributed by atoms with Crippen molar-refractivity contribution in [3.05, 3.63) is 0 Å². The van der Waals surface area contributed by atoms with E-state index in [0.717, 1.165) is 13.1 Å². The second-order valence-electron chi connectivity index (χ2n) is 2.96. The molecule has 0 saturated heterocycles. The minimum Gasteiger partial charge on any atom is -0.329 e. The lowest BCUT2D eigenvalue weighted by atomic mass is 10.5. The third kappa shape index (κ3) is 6.01. The number of nitrogens with zero attached hydrogens (tertiary/aromatic N) is 1.